The molecule has 21 heavy (non-hydrogen) atoms. The van der Waals surface area contributed by atoms with Gasteiger partial charge in [0.1, 0.15) is 6.04 Å². The topological polar surface area (TPSA) is 40.6 Å². The molecule has 1 aromatic heterocycles. The average Bonchev–Trinajstić information content (AvgIpc) is 2.74. The van der Waals surface area contributed by atoms with E-state index in [1.54, 1.807) is 11.3 Å². The fourth-order valence-corrected chi connectivity index (χ4v) is 4.32. The van der Waals surface area contributed by atoms with Gasteiger partial charge in [0.05, 0.1) is 6.54 Å². The van der Waals surface area contributed by atoms with Gasteiger partial charge in [0.2, 0.25) is 11.8 Å². The number of hydrogen-bond acceptors (Lipinski definition) is 3. The Bertz CT molecular complexity index is 547. The minimum Gasteiger partial charge on any atom is -0.335 e. The standard InChI is InChI=1S/C16H22N2O2S/c1-11-9-13(21-12(11)2)10-17-8-6-15(19)18-7-4-3-5-14(18)16(17)20/h9,14H,3-8,10H2,1-2H3. The number of piperidine rings is 1. The molecular formula is C16H22N2O2S. The third kappa shape index (κ3) is 2.84. The molecule has 0 N–H and O–H groups in total. The van der Waals surface area contributed by atoms with Crippen molar-refractivity contribution in [2.45, 2.75) is 52.1 Å². The Morgan fingerprint density at radius 2 is 2.05 bits per heavy atom. The number of fused-ring (bicyclic) bond motifs is 1. The summed E-state index contributed by atoms with van der Waals surface area (Å²) in [5, 5.41) is 0. The van der Waals surface area contributed by atoms with Crippen LogP contribution in [-0.4, -0.2) is 40.7 Å². The second kappa shape index (κ2) is 5.79. The summed E-state index contributed by atoms with van der Waals surface area (Å²) in [6, 6.07) is 1.95. The van der Waals surface area contributed by atoms with Crippen molar-refractivity contribution >= 4 is 23.2 Å². The summed E-state index contributed by atoms with van der Waals surface area (Å²) < 4.78 is 0. The molecule has 3 rings (SSSR count). The van der Waals surface area contributed by atoms with Gasteiger partial charge in [-0.1, -0.05) is 0 Å². The SMILES string of the molecule is Cc1cc(CN2CCC(=O)N3CCCCC3C2=O)sc1C. The minimum absolute atomic E-state index is 0.143. The van der Waals surface area contributed by atoms with E-state index >= 15 is 0 Å². The van der Waals surface area contributed by atoms with Gasteiger partial charge in [0.15, 0.2) is 0 Å². The van der Waals surface area contributed by atoms with Gasteiger partial charge in [0.25, 0.3) is 0 Å². The van der Waals surface area contributed by atoms with E-state index in [9.17, 15) is 9.59 Å². The van der Waals surface area contributed by atoms with E-state index in [0.717, 1.165) is 25.8 Å². The van der Waals surface area contributed by atoms with Crippen LogP contribution in [0.3, 0.4) is 0 Å². The van der Waals surface area contributed by atoms with Crippen LogP contribution in [0.15, 0.2) is 6.07 Å². The van der Waals surface area contributed by atoms with Gasteiger partial charge in [-0.05, 0) is 44.7 Å². The van der Waals surface area contributed by atoms with Crippen LogP contribution >= 0.6 is 11.3 Å². The highest BCUT2D eigenvalue weighted by atomic mass is 32.1. The van der Waals surface area contributed by atoms with E-state index in [2.05, 4.69) is 19.9 Å². The molecule has 0 aromatic carbocycles. The molecule has 1 aromatic rings. The van der Waals surface area contributed by atoms with Gasteiger partial charge >= 0.3 is 0 Å². The minimum atomic E-state index is -0.212. The molecule has 0 saturated carbocycles. The second-order valence-corrected chi connectivity index (χ2v) is 7.40. The molecule has 2 fully saturated rings. The third-order valence-corrected chi connectivity index (χ3v) is 5.72. The van der Waals surface area contributed by atoms with Crippen LogP contribution in [-0.2, 0) is 16.1 Å². The number of aryl methyl sites for hydroxylation is 2. The smallest absolute Gasteiger partial charge is 0.245 e. The molecule has 3 heterocycles. The largest absolute Gasteiger partial charge is 0.335 e. The lowest BCUT2D eigenvalue weighted by Gasteiger charge is -2.34. The Hall–Kier alpha value is -1.36. The summed E-state index contributed by atoms with van der Waals surface area (Å²) in [5.41, 5.74) is 1.28. The maximum absolute atomic E-state index is 12.8. The van der Waals surface area contributed by atoms with Crippen molar-refractivity contribution in [2.24, 2.45) is 0 Å². The molecule has 2 aliphatic heterocycles. The van der Waals surface area contributed by atoms with Crippen LogP contribution < -0.4 is 0 Å². The van der Waals surface area contributed by atoms with E-state index in [-0.39, 0.29) is 17.9 Å². The number of rotatable bonds is 2. The average molecular weight is 306 g/mol. The van der Waals surface area contributed by atoms with Crippen LogP contribution in [0.5, 0.6) is 0 Å². The predicted molar refractivity (Wildman–Crippen MR) is 83.2 cm³/mol. The first kappa shape index (κ1) is 14.6. The number of amides is 2. The van der Waals surface area contributed by atoms with Gasteiger partial charge in [-0.2, -0.15) is 0 Å². The molecule has 0 spiro atoms. The first-order chi connectivity index (χ1) is 10.1. The molecule has 0 aliphatic carbocycles. The van der Waals surface area contributed by atoms with E-state index in [0.29, 0.717) is 19.5 Å². The van der Waals surface area contributed by atoms with Gasteiger partial charge in [-0.15, -0.1) is 11.3 Å². The van der Waals surface area contributed by atoms with Gasteiger partial charge < -0.3 is 9.80 Å². The van der Waals surface area contributed by atoms with Crippen molar-refractivity contribution in [3.63, 3.8) is 0 Å². The summed E-state index contributed by atoms with van der Waals surface area (Å²) in [6.45, 7) is 6.17. The van der Waals surface area contributed by atoms with E-state index in [1.165, 1.54) is 15.3 Å². The molecule has 2 amide bonds. The van der Waals surface area contributed by atoms with Crippen molar-refractivity contribution in [1.82, 2.24) is 9.80 Å². The first-order valence-electron chi connectivity index (χ1n) is 7.70. The fourth-order valence-electron chi connectivity index (χ4n) is 3.25. The molecule has 5 heteroatoms. The van der Waals surface area contributed by atoms with Crippen LogP contribution in [0.1, 0.15) is 41.0 Å². The highest BCUT2D eigenvalue weighted by molar-refractivity contribution is 7.12. The highest BCUT2D eigenvalue weighted by Crippen LogP contribution is 2.26. The molecule has 114 valence electrons. The fraction of sp³-hybridized carbons (Fsp3) is 0.625. The van der Waals surface area contributed by atoms with E-state index in [4.69, 9.17) is 0 Å². The Kier molecular flexibility index (Phi) is 4.02. The Balaban J connectivity index is 1.79. The van der Waals surface area contributed by atoms with E-state index in [1.807, 2.05) is 9.80 Å². The summed E-state index contributed by atoms with van der Waals surface area (Å²) in [6.07, 6.45) is 3.36. The number of thiophene rings is 1. The summed E-state index contributed by atoms with van der Waals surface area (Å²) >= 11 is 1.75. The Morgan fingerprint density at radius 1 is 1.24 bits per heavy atom. The van der Waals surface area contributed by atoms with Crippen molar-refractivity contribution in [3.05, 3.63) is 21.4 Å². The number of hydrogen-bond donors (Lipinski definition) is 0. The van der Waals surface area contributed by atoms with Gasteiger partial charge in [-0.3, -0.25) is 9.59 Å². The zero-order chi connectivity index (χ0) is 15.0. The van der Waals surface area contributed by atoms with Gasteiger partial charge in [0, 0.05) is 29.3 Å². The lowest BCUT2D eigenvalue weighted by Crippen LogP contribution is -2.49. The zero-order valence-electron chi connectivity index (χ0n) is 12.7. The third-order valence-electron chi connectivity index (χ3n) is 4.58. The molecule has 0 bridgehead atoms. The lowest BCUT2D eigenvalue weighted by atomic mass is 10.0. The summed E-state index contributed by atoms with van der Waals surface area (Å²) in [7, 11) is 0. The maximum Gasteiger partial charge on any atom is 0.245 e. The second-order valence-electron chi connectivity index (χ2n) is 6.06. The number of nitrogens with zero attached hydrogens (tertiary/aromatic N) is 2. The normalized spacial score (nSPS) is 23.2. The predicted octanol–water partition coefficient (Wildman–Crippen LogP) is 2.48. The molecule has 1 atom stereocenters. The monoisotopic (exact) mass is 306 g/mol. The molecule has 4 nitrogen and oxygen atoms in total. The molecular weight excluding hydrogens is 284 g/mol. The molecule has 0 radical (unpaired) electrons. The van der Waals surface area contributed by atoms with Crippen LogP contribution in [0.4, 0.5) is 0 Å². The molecule has 2 aliphatic rings. The van der Waals surface area contributed by atoms with Crippen LogP contribution in [0, 0.1) is 13.8 Å². The quantitative estimate of drug-likeness (QED) is 0.842. The summed E-state index contributed by atoms with van der Waals surface area (Å²) in [4.78, 5) is 31.2. The zero-order valence-corrected chi connectivity index (χ0v) is 13.5. The van der Waals surface area contributed by atoms with Crippen molar-refractivity contribution in [1.29, 1.82) is 0 Å². The van der Waals surface area contributed by atoms with E-state index < -0.39 is 0 Å². The lowest BCUT2D eigenvalue weighted by molar-refractivity contribution is -0.143. The highest BCUT2D eigenvalue weighted by Gasteiger charge is 2.37. The molecule has 2 saturated heterocycles. The Morgan fingerprint density at radius 3 is 2.76 bits per heavy atom. The van der Waals surface area contributed by atoms with Crippen molar-refractivity contribution < 1.29 is 9.59 Å². The summed E-state index contributed by atoms with van der Waals surface area (Å²) in [5.74, 6) is 0.290. The molecule has 1 unspecified atom stereocenters. The Labute approximate surface area is 129 Å². The van der Waals surface area contributed by atoms with Crippen LogP contribution in [0.25, 0.3) is 0 Å². The van der Waals surface area contributed by atoms with Crippen molar-refractivity contribution in [2.75, 3.05) is 13.1 Å². The first-order valence-corrected chi connectivity index (χ1v) is 8.52. The van der Waals surface area contributed by atoms with Crippen molar-refractivity contribution in [3.8, 4) is 0 Å². The van der Waals surface area contributed by atoms with Gasteiger partial charge in [-0.25, -0.2) is 0 Å². The maximum atomic E-state index is 12.8. The van der Waals surface area contributed by atoms with Crippen LogP contribution in [0.2, 0.25) is 0 Å². The number of carbonyl (C=O) groups is 2. The number of carbonyl (C=O) groups excluding carboxylic acids is 2.